The minimum atomic E-state index is 0.0143. The van der Waals surface area contributed by atoms with Gasteiger partial charge in [0.2, 0.25) is 17.7 Å². The molecule has 1 heterocycles. The van der Waals surface area contributed by atoms with Crippen LogP contribution < -0.4 is 10.1 Å². The molecule has 1 aliphatic rings. The van der Waals surface area contributed by atoms with Crippen LogP contribution in [0.5, 0.6) is 5.75 Å². The molecule has 4 rings (SSSR count). The second-order valence-corrected chi connectivity index (χ2v) is 7.26. The molecule has 0 saturated carbocycles. The maximum Gasteiger partial charge on any atom is 0.220 e. The first-order valence-electron chi connectivity index (χ1n) is 10.0. The van der Waals surface area contributed by atoms with Gasteiger partial charge in [0.15, 0.2) is 0 Å². The average molecular weight is 391 g/mol. The number of carbonyl (C=O) groups is 1. The van der Waals surface area contributed by atoms with Crippen molar-refractivity contribution >= 4 is 5.91 Å². The summed E-state index contributed by atoms with van der Waals surface area (Å²) in [6.07, 6.45) is 4.15. The smallest absolute Gasteiger partial charge is 0.220 e. The van der Waals surface area contributed by atoms with Gasteiger partial charge in [-0.2, -0.15) is 0 Å². The number of aryl methyl sites for hydroxylation is 4. The highest BCUT2D eigenvalue weighted by Crippen LogP contribution is 2.30. The van der Waals surface area contributed by atoms with Gasteiger partial charge in [-0.15, -0.1) is 10.2 Å². The van der Waals surface area contributed by atoms with Crippen molar-refractivity contribution in [3.63, 3.8) is 0 Å². The number of benzene rings is 2. The monoisotopic (exact) mass is 391 g/mol. The van der Waals surface area contributed by atoms with E-state index in [9.17, 15) is 4.79 Å². The van der Waals surface area contributed by atoms with E-state index in [0.717, 1.165) is 30.6 Å². The fourth-order valence-electron chi connectivity index (χ4n) is 3.84. The van der Waals surface area contributed by atoms with Gasteiger partial charge in [0, 0.05) is 19.3 Å². The number of aromatic nitrogens is 2. The van der Waals surface area contributed by atoms with E-state index in [4.69, 9.17) is 9.15 Å². The van der Waals surface area contributed by atoms with Gasteiger partial charge in [-0.05, 0) is 42.0 Å². The fraction of sp³-hybridized carbons (Fsp3) is 0.348. The van der Waals surface area contributed by atoms with Gasteiger partial charge in [0.1, 0.15) is 5.75 Å². The minimum absolute atomic E-state index is 0.0143. The zero-order chi connectivity index (χ0) is 20.1. The topological polar surface area (TPSA) is 77.2 Å². The van der Waals surface area contributed by atoms with E-state index in [0.29, 0.717) is 31.0 Å². The molecule has 0 spiro atoms. The lowest BCUT2D eigenvalue weighted by atomic mass is 10.1. The van der Waals surface area contributed by atoms with E-state index >= 15 is 0 Å². The number of amides is 1. The highest BCUT2D eigenvalue weighted by molar-refractivity contribution is 5.76. The molecule has 0 bridgehead atoms. The maximum atomic E-state index is 12.4. The highest BCUT2D eigenvalue weighted by atomic mass is 16.5. The second kappa shape index (κ2) is 8.90. The molecule has 1 aliphatic carbocycles. The van der Waals surface area contributed by atoms with Gasteiger partial charge < -0.3 is 14.5 Å². The maximum absolute atomic E-state index is 12.4. The Labute approximate surface area is 170 Å². The molecule has 0 aliphatic heterocycles. The van der Waals surface area contributed by atoms with Crippen molar-refractivity contribution in [3.05, 3.63) is 77.0 Å². The average Bonchev–Trinajstić information content (AvgIpc) is 3.38. The summed E-state index contributed by atoms with van der Waals surface area (Å²) < 4.78 is 11.1. The van der Waals surface area contributed by atoms with Crippen LogP contribution in [0.3, 0.4) is 0 Å². The molecule has 6 heteroatoms. The van der Waals surface area contributed by atoms with Crippen molar-refractivity contribution in [1.82, 2.24) is 15.5 Å². The minimum Gasteiger partial charge on any atom is -0.496 e. The number of carbonyl (C=O) groups excluding carboxylic acids is 1. The molecule has 1 N–H and O–H groups in total. The first-order chi connectivity index (χ1) is 14.2. The number of para-hydroxylation sites is 1. The SMILES string of the molecule is COc1ccccc1CCc1nnc(CCC(=O)NC2CCc3ccccc32)o1. The zero-order valence-electron chi connectivity index (χ0n) is 16.6. The van der Waals surface area contributed by atoms with E-state index in [2.05, 4.69) is 27.6 Å². The molecule has 150 valence electrons. The van der Waals surface area contributed by atoms with Crippen molar-refractivity contribution in [2.45, 2.75) is 44.6 Å². The quantitative estimate of drug-likeness (QED) is 0.635. The van der Waals surface area contributed by atoms with Gasteiger partial charge in [-0.3, -0.25) is 4.79 Å². The number of ether oxygens (including phenoxy) is 1. The Morgan fingerprint density at radius 2 is 1.83 bits per heavy atom. The van der Waals surface area contributed by atoms with Crippen LogP contribution in [0.4, 0.5) is 0 Å². The van der Waals surface area contributed by atoms with E-state index in [1.807, 2.05) is 36.4 Å². The Hall–Kier alpha value is -3.15. The number of fused-ring (bicyclic) bond motifs is 1. The molecule has 0 fully saturated rings. The van der Waals surface area contributed by atoms with Gasteiger partial charge in [-0.1, -0.05) is 42.5 Å². The number of nitrogens with zero attached hydrogens (tertiary/aromatic N) is 2. The van der Waals surface area contributed by atoms with Crippen LogP contribution >= 0.6 is 0 Å². The van der Waals surface area contributed by atoms with Crippen LogP contribution in [0.15, 0.2) is 52.9 Å². The Morgan fingerprint density at radius 3 is 2.69 bits per heavy atom. The molecule has 1 unspecified atom stereocenters. The third-order valence-electron chi connectivity index (χ3n) is 5.34. The van der Waals surface area contributed by atoms with Crippen molar-refractivity contribution in [1.29, 1.82) is 0 Å². The summed E-state index contributed by atoms with van der Waals surface area (Å²) in [6, 6.07) is 16.3. The summed E-state index contributed by atoms with van der Waals surface area (Å²) in [6.45, 7) is 0. The molecule has 1 atom stereocenters. The van der Waals surface area contributed by atoms with Crippen LogP contribution in [0.1, 0.15) is 47.4 Å². The summed E-state index contributed by atoms with van der Waals surface area (Å²) >= 11 is 0. The van der Waals surface area contributed by atoms with Crippen LogP contribution in [0.2, 0.25) is 0 Å². The van der Waals surface area contributed by atoms with Gasteiger partial charge in [-0.25, -0.2) is 0 Å². The number of rotatable bonds is 8. The summed E-state index contributed by atoms with van der Waals surface area (Å²) in [4.78, 5) is 12.4. The normalized spacial score (nSPS) is 15.1. The van der Waals surface area contributed by atoms with E-state index in [1.165, 1.54) is 11.1 Å². The molecule has 29 heavy (non-hydrogen) atoms. The molecule has 1 aromatic heterocycles. The van der Waals surface area contributed by atoms with Crippen molar-refractivity contribution < 1.29 is 13.9 Å². The lowest BCUT2D eigenvalue weighted by molar-refractivity contribution is -0.121. The second-order valence-electron chi connectivity index (χ2n) is 7.26. The van der Waals surface area contributed by atoms with E-state index in [-0.39, 0.29) is 11.9 Å². The molecule has 0 saturated heterocycles. The lowest BCUT2D eigenvalue weighted by Crippen LogP contribution is -2.27. The molecule has 1 amide bonds. The largest absolute Gasteiger partial charge is 0.496 e. The first-order valence-corrected chi connectivity index (χ1v) is 10.0. The molecule has 6 nitrogen and oxygen atoms in total. The third kappa shape index (κ3) is 4.65. The van der Waals surface area contributed by atoms with Crippen molar-refractivity contribution in [3.8, 4) is 5.75 Å². The molecule has 2 aromatic carbocycles. The summed E-state index contributed by atoms with van der Waals surface area (Å²) in [5.41, 5.74) is 3.66. The summed E-state index contributed by atoms with van der Waals surface area (Å²) in [5, 5.41) is 11.3. The Morgan fingerprint density at radius 1 is 1.07 bits per heavy atom. The Balaban J connectivity index is 1.26. The molecule has 3 aromatic rings. The van der Waals surface area contributed by atoms with E-state index < -0.39 is 0 Å². The predicted molar refractivity (Wildman–Crippen MR) is 109 cm³/mol. The Bertz CT molecular complexity index is 983. The van der Waals surface area contributed by atoms with Gasteiger partial charge >= 0.3 is 0 Å². The predicted octanol–water partition coefficient (Wildman–Crippen LogP) is 3.60. The summed E-state index contributed by atoms with van der Waals surface area (Å²) in [7, 11) is 1.67. The molecular formula is C23H25N3O3. The standard InChI is InChI=1S/C23H25N3O3/c1-28-20-9-5-3-7-17(20)11-14-22-25-26-23(29-22)15-13-21(27)24-19-12-10-16-6-2-4-8-18(16)19/h2-9,19H,10-15H2,1H3,(H,24,27). The van der Waals surface area contributed by atoms with Gasteiger partial charge in [0.05, 0.1) is 13.2 Å². The van der Waals surface area contributed by atoms with Crippen LogP contribution in [-0.2, 0) is 30.5 Å². The lowest BCUT2D eigenvalue weighted by Gasteiger charge is -2.13. The number of nitrogens with one attached hydrogen (secondary N) is 1. The van der Waals surface area contributed by atoms with Gasteiger partial charge in [0.25, 0.3) is 0 Å². The summed E-state index contributed by atoms with van der Waals surface area (Å²) in [5.74, 6) is 1.95. The number of hydrogen-bond acceptors (Lipinski definition) is 5. The molecular weight excluding hydrogens is 366 g/mol. The van der Waals surface area contributed by atoms with Crippen LogP contribution in [-0.4, -0.2) is 23.2 Å². The Kier molecular flexibility index (Phi) is 5.89. The highest BCUT2D eigenvalue weighted by Gasteiger charge is 2.23. The van der Waals surface area contributed by atoms with Crippen molar-refractivity contribution in [2.75, 3.05) is 7.11 Å². The van der Waals surface area contributed by atoms with Crippen LogP contribution in [0.25, 0.3) is 0 Å². The van der Waals surface area contributed by atoms with E-state index in [1.54, 1.807) is 7.11 Å². The zero-order valence-corrected chi connectivity index (χ0v) is 16.6. The number of hydrogen-bond donors (Lipinski definition) is 1. The number of methoxy groups -OCH3 is 1. The molecule has 0 radical (unpaired) electrons. The van der Waals surface area contributed by atoms with Crippen LogP contribution in [0, 0.1) is 0 Å². The van der Waals surface area contributed by atoms with Crippen molar-refractivity contribution in [2.24, 2.45) is 0 Å². The first kappa shape index (κ1) is 19.2. The fourth-order valence-corrected chi connectivity index (χ4v) is 3.84. The third-order valence-corrected chi connectivity index (χ3v) is 5.34.